The van der Waals surface area contributed by atoms with Gasteiger partial charge in [-0.1, -0.05) is 23.7 Å². The second-order valence-electron chi connectivity index (χ2n) is 5.90. The summed E-state index contributed by atoms with van der Waals surface area (Å²) in [6, 6.07) is 15.1. The van der Waals surface area contributed by atoms with Gasteiger partial charge in [-0.15, -0.1) is 0 Å². The Morgan fingerprint density at radius 3 is 2.52 bits per heavy atom. The average molecular weight is 385 g/mol. The summed E-state index contributed by atoms with van der Waals surface area (Å²) in [5.74, 6) is 2.61. The van der Waals surface area contributed by atoms with E-state index in [1.807, 2.05) is 55.5 Å². The molecule has 3 aromatic rings. The summed E-state index contributed by atoms with van der Waals surface area (Å²) in [5.41, 5.74) is 2.75. The van der Waals surface area contributed by atoms with Gasteiger partial charge in [0.15, 0.2) is 11.5 Å². The van der Waals surface area contributed by atoms with E-state index < -0.39 is 0 Å². The van der Waals surface area contributed by atoms with Crippen LogP contribution in [0.25, 0.3) is 0 Å². The zero-order valence-corrected chi connectivity index (χ0v) is 16.2. The summed E-state index contributed by atoms with van der Waals surface area (Å²) in [6.07, 6.45) is 0. The van der Waals surface area contributed by atoms with E-state index in [1.54, 1.807) is 14.2 Å². The van der Waals surface area contributed by atoms with Gasteiger partial charge in [-0.25, -0.2) is 4.98 Å². The third-order valence-electron chi connectivity index (χ3n) is 3.85. The molecule has 0 aliphatic carbocycles. The Hall–Kier alpha value is -2.99. The van der Waals surface area contributed by atoms with Crippen LogP contribution in [-0.2, 0) is 6.54 Å². The Morgan fingerprint density at radius 1 is 0.963 bits per heavy atom. The van der Waals surface area contributed by atoms with E-state index in [0.29, 0.717) is 34.8 Å². The van der Waals surface area contributed by atoms with Crippen LogP contribution >= 0.6 is 11.6 Å². The molecule has 3 rings (SSSR count). The number of anilines is 3. The lowest BCUT2D eigenvalue weighted by Gasteiger charge is -2.12. The lowest BCUT2D eigenvalue weighted by atomic mass is 10.2. The minimum atomic E-state index is 0.536. The van der Waals surface area contributed by atoms with Crippen LogP contribution in [0.2, 0.25) is 5.02 Å². The number of ether oxygens (including phenoxy) is 2. The summed E-state index contributed by atoms with van der Waals surface area (Å²) >= 11 is 6.03. The summed E-state index contributed by atoms with van der Waals surface area (Å²) in [5, 5.41) is 7.15. The molecule has 7 heteroatoms. The Bertz CT molecular complexity index is 934. The molecule has 1 aromatic heterocycles. The SMILES string of the molecule is COc1ccc(CNc2nc(C)cc(Nc3cccc(Cl)c3)n2)cc1OC. The van der Waals surface area contributed by atoms with Crippen molar-refractivity contribution in [3.8, 4) is 11.5 Å². The minimum Gasteiger partial charge on any atom is -0.493 e. The largest absolute Gasteiger partial charge is 0.493 e. The molecule has 0 saturated carbocycles. The fourth-order valence-electron chi connectivity index (χ4n) is 2.60. The van der Waals surface area contributed by atoms with E-state index >= 15 is 0 Å². The van der Waals surface area contributed by atoms with Crippen molar-refractivity contribution in [1.82, 2.24) is 9.97 Å². The first-order chi connectivity index (χ1) is 13.1. The number of nitrogens with one attached hydrogen (secondary N) is 2. The number of aromatic nitrogens is 2. The third-order valence-corrected chi connectivity index (χ3v) is 4.08. The van der Waals surface area contributed by atoms with Gasteiger partial charge in [0.2, 0.25) is 5.95 Å². The first-order valence-electron chi connectivity index (χ1n) is 8.40. The number of aryl methyl sites for hydroxylation is 1. The molecule has 2 N–H and O–H groups in total. The van der Waals surface area contributed by atoms with E-state index in [-0.39, 0.29) is 0 Å². The lowest BCUT2D eigenvalue weighted by Crippen LogP contribution is -2.06. The van der Waals surface area contributed by atoms with Gasteiger partial charge in [-0.05, 0) is 42.8 Å². The van der Waals surface area contributed by atoms with Crippen molar-refractivity contribution in [2.24, 2.45) is 0 Å². The molecular weight excluding hydrogens is 364 g/mol. The molecule has 0 saturated heterocycles. The number of hydrogen-bond acceptors (Lipinski definition) is 6. The molecule has 0 spiro atoms. The minimum absolute atomic E-state index is 0.536. The van der Waals surface area contributed by atoms with Gasteiger partial charge in [-0.2, -0.15) is 4.98 Å². The molecule has 0 atom stereocenters. The van der Waals surface area contributed by atoms with E-state index in [4.69, 9.17) is 21.1 Å². The Morgan fingerprint density at radius 2 is 1.78 bits per heavy atom. The molecule has 0 radical (unpaired) electrons. The molecule has 2 aromatic carbocycles. The monoisotopic (exact) mass is 384 g/mol. The van der Waals surface area contributed by atoms with Gasteiger partial charge in [0.1, 0.15) is 5.82 Å². The number of methoxy groups -OCH3 is 2. The number of hydrogen-bond donors (Lipinski definition) is 2. The van der Waals surface area contributed by atoms with E-state index in [9.17, 15) is 0 Å². The second-order valence-corrected chi connectivity index (χ2v) is 6.33. The number of nitrogens with zero attached hydrogens (tertiary/aromatic N) is 2. The Labute approximate surface area is 163 Å². The zero-order chi connectivity index (χ0) is 19.2. The van der Waals surface area contributed by atoms with Crippen molar-refractivity contribution in [2.45, 2.75) is 13.5 Å². The van der Waals surface area contributed by atoms with E-state index in [2.05, 4.69) is 20.6 Å². The van der Waals surface area contributed by atoms with Gasteiger partial charge in [0, 0.05) is 29.0 Å². The molecule has 1 heterocycles. The summed E-state index contributed by atoms with van der Waals surface area (Å²) in [6.45, 7) is 2.48. The highest BCUT2D eigenvalue weighted by atomic mass is 35.5. The van der Waals surface area contributed by atoms with Crippen molar-refractivity contribution in [1.29, 1.82) is 0 Å². The highest BCUT2D eigenvalue weighted by molar-refractivity contribution is 6.30. The van der Waals surface area contributed by atoms with Crippen LogP contribution in [0.5, 0.6) is 11.5 Å². The maximum absolute atomic E-state index is 6.03. The van der Waals surface area contributed by atoms with Gasteiger partial charge in [0.05, 0.1) is 14.2 Å². The van der Waals surface area contributed by atoms with Crippen LogP contribution in [0, 0.1) is 6.92 Å². The van der Waals surface area contributed by atoms with Crippen molar-refractivity contribution >= 4 is 29.1 Å². The number of rotatable bonds is 7. The normalized spacial score (nSPS) is 10.4. The Balaban J connectivity index is 1.73. The van der Waals surface area contributed by atoms with Crippen molar-refractivity contribution in [3.05, 3.63) is 64.8 Å². The van der Waals surface area contributed by atoms with Crippen LogP contribution in [-0.4, -0.2) is 24.2 Å². The van der Waals surface area contributed by atoms with Crippen molar-refractivity contribution in [3.63, 3.8) is 0 Å². The van der Waals surface area contributed by atoms with Crippen molar-refractivity contribution < 1.29 is 9.47 Å². The molecule has 0 unspecified atom stereocenters. The predicted molar refractivity (Wildman–Crippen MR) is 108 cm³/mol. The highest BCUT2D eigenvalue weighted by Crippen LogP contribution is 2.28. The first kappa shape index (κ1) is 18.8. The highest BCUT2D eigenvalue weighted by Gasteiger charge is 2.07. The summed E-state index contributed by atoms with van der Waals surface area (Å²) in [4.78, 5) is 8.96. The van der Waals surface area contributed by atoms with Crippen LogP contribution in [0.3, 0.4) is 0 Å². The maximum Gasteiger partial charge on any atom is 0.225 e. The van der Waals surface area contributed by atoms with E-state index in [1.165, 1.54) is 0 Å². The predicted octanol–water partition coefficient (Wildman–Crippen LogP) is 4.81. The lowest BCUT2D eigenvalue weighted by molar-refractivity contribution is 0.354. The fourth-order valence-corrected chi connectivity index (χ4v) is 2.79. The quantitative estimate of drug-likeness (QED) is 0.609. The number of halogens is 1. The van der Waals surface area contributed by atoms with Gasteiger partial charge < -0.3 is 20.1 Å². The Kier molecular flexibility index (Phi) is 5.98. The molecule has 0 aliphatic rings. The molecule has 140 valence electrons. The van der Waals surface area contributed by atoms with Crippen LogP contribution in [0.4, 0.5) is 17.5 Å². The smallest absolute Gasteiger partial charge is 0.225 e. The number of benzene rings is 2. The topological polar surface area (TPSA) is 68.3 Å². The van der Waals surface area contributed by atoms with Gasteiger partial charge >= 0.3 is 0 Å². The zero-order valence-electron chi connectivity index (χ0n) is 15.4. The molecule has 27 heavy (non-hydrogen) atoms. The van der Waals surface area contributed by atoms with Gasteiger partial charge in [0.25, 0.3) is 0 Å². The van der Waals surface area contributed by atoms with E-state index in [0.717, 1.165) is 16.9 Å². The van der Waals surface area contributed by atoms with Crippen molar-refractivity contribution in [2.75, 3.05) is 24.9 Å². The molecule has 0 amide bonds. The molecular formula is C20H21ClN4O2. The summed E-state index contributed by atoms with van der Waals surface area (Å²) < 4.78 is 10.6. The van der Waals surface area contributed by atoms with Crippen LogP contribution in [0.1, 0.15) is 11.3 Å². The fraction of sp³-hybridized carbons (Fsp3) is 0.200. The second kappa shape index (κ2) is 8.60. The molecule has 6 nitrogen and oxygen atoms in total. The molecule has 0 fully saturated rings. The first-order valence-corrected chi connectivity index (χ1v) is 8.78. The maximum atomic E-state index is 6.03. The molecule has 0 bridgehead atoms. The van der Waals surface area contributed by atoms with Crippen LogP contribution < -0.4 is 20.1 Å². The molecule has 0 aliphatic heterocycles. The standard InChI is InChI=1S/C20H21ClN4O2/c1-13-9-19(24-16-6-4-5-15(21)11-16)25-20(23-13)22-12-14-7-8-17(26-2)18(10-14)27-3/h4-11H,12H2,1-3H3,(H2,22,23,24,25). The average Bonchev–Trinajstić information content (AvgIpc) is 2.65. The third kappa shape index (κ3) is 5.01. The van der Waals surface area contributed by atoms with Crippen LogP contribution in [0.15, 0.2) is 48.5 Å². The summed E-state index contributed by atoms with van der Waals surface area (Å²) in [7, 11) is 3.23. The van der Waals surface area contributed by atoms with Gasteiger partial charge in [-0.3, -0.25) is 0 Å².